The van der Waals surface area contributed by atoms with Gasteiger partial charge in [0.25, 0.3) is 5.91 Å². The molecule has 10 heteroatoms. The molecule has 1 amide bonds. The largest absolute Gasteiger partial charge is 0.490 e. The van der Waals surface area contributed by atoms with Gasteiger partial charge >= 0.3 is 6.18 Å². The monoisotopic (exact) mass is 593 g/mol. The van der Waals surface area contributed by atoms with Crippen LogP contribution in [0.3, 0.4) is 0 Å². The minimum atomic E-state index is -4.37. The van der Waals surface area contributed by atoms with E-state index in [0.29, 0.717) is 37.6 Å². The van der Waals surface area contributed by atoms with E-state index in [0.717, 1.165) is 42.6 Å². The predicted octanol–water partition coefficient (Wildman–Crippen LogP) is 5.70. The summed E-state index contributed by atoms with van der Waals surface area (Å²) < 4.78 is 51.6. The first kappa shape index (κ1) is 33.7. The Hall–Kier alpha value is -2.82. The van der Waals surface area contributed by atoms with Gasteiger partial charge in [-0.1, -0.05) is 19.1 Å². The molecule has 42 heavy (non-hydrogen) atoms. The van der Waals surface area contributed by atoms with Crippen molar-refractivity contribution in [3.05, 3.63) is 59.2 Å². The van der Waals surface area contributed by atoms with Gasteiger partial charge in [-0.25, -0.2) is 0 Å². The summed E-state index contributed by atoms with van der Waals surface area (Å²) in [7, 11) is 5.74. The molecule has 2 aromatic rings. The molecule has 2 aromatic carbocycles. The van der Waals surface area contributed by atoms with E-state index >= 15 is 0 Å². The van der Waals surface area contributed by atoms with Crippen molar-refractivity contribution < 1.29 is 32.5 Å². The summed E-state index contributed by atoms with van der Waals surface area (Å²) in [5, 5.41) is 10.1. The van der Waals surface area contributed by atoms with E-state index in [1.54, 1.807) is 4.90 Å². The van der Waals surface area contributed by atoms with E-state index in [2.05, 4.69) is 0 Å². The first-order valence-electron chi connectivity index (χ1n) is 14.7. The fourth-order valence-corrected chi connectivity index (χ4v) is 5.13. The lowest BCUT2D eigenvalue weighted by Gasteiger charge is -2.36. The van der Waals surface area contributed by atoms with Crippen LogP contribution in [0.1, 0.15) is 61.5 Å². The number of anilines is 1. The first-order valence-corrected chi connectivity index (χ1v) is 14.7. The Morgan fingerprint density at radius 3 is 2.38 bits per heavy atom. The van der Waals surface area contributed by atoms with Gasteiger partial charge in [-0.15, -0.1) is 0 Å². The smallest absolute Gasteiger partial charge is 0.416 e. The second-order valence-corrected chi connectivity index (χ2v) is 11.8. The fraction of sp³-hybridized carbons (Fsp3) is 0.594. The molecule has 1 aliphatic rings. The van der Waals surface area contributed by atoms with Gasteiger partial charge in [0.1, 0.15) is 5.75 Å². The van der Waals surface area contributed by atoms with Crippen LogP contribution in [0.15, 0.2) is 42.5 Å². The second kappa shape index (κ2) is 15.1. The number of aliphatic hydroxyl groups excluding tert-OH is 1. The van der Waals surface area contributed by atoms with Crippen LogP contribution in [0, 0.1) is 5.92 Å². The minimum absolute atomic E-state index is 0.0960. The summed E-state index contributed by atoms with van der Waals surface area (Å²) in [6, 6.07) is 10.4. The van der Waals surface area contributed by atoms with Crippen LogP contribution in [0.25, 0.3) is 0 Å². The number of ether oxygens (including phenoxy) is 2. The average molecular weight is 594 g/mol. The number of rotatable bonds is 7. The lowest BCUT2D eigenvalue weighted by molar-refractivity contribution is -0.137. The van der Waals surface area contributed by atoms with Crippen LogP contribution in [0.4, 0.5) is 18.9 Å². The molecule has 0 saturated carbocycles. The number of amides is 1. The molecule has 3 rings (SSSR count). The Morgan fingerprint density at radius 2 is 1.76 bits per heavy atom. The number of nitrogens with zero attached hydrogens (tertiary/aromatic N) is 3. The molecule has 0 fully saturated rings. The quantitative estimate of drug-likeness (QED) is 0.445. The Bertz CT molecular complexity index is 1140. The minimum Gasteiger partial charge on any atom is -0.490 e. The Kier molecular flexibility index (Phi) is 12.1. The highest BCUT2D eigenvalue weighted by Crippen LogP contribution is 2.30. The summed E-state index contributed by atoms with van der Waals surface area (Å²) >= 11 is 0. The molecule has 7 nitrogen and oxygen atoms in total. The number of carbonyl (C=O) groups excluding carboxylic acids is 1. The molecule has 1 N–H and O–H groups in total. The Morgan fingerprint density at radius 1 is 1.07 bits per heavy atom. The van der Waals surface area contributed by atoms with Crippen molar-refractivity contribution >= 4 is 11.6 Å². The first-order chi connectivity index (χ1) is 19.8. The van der Waals surface area contributed by atoms with E-state index in [4.69, 9.17) is 9.47 Å². The molecular formula is C32H46F3N3O4. The highest BCUT2D eigenvalue weighted by molar-refractivity contribution is 5.98. The number of likely N-dealkylation sites (N-methyl/N-ethyl adjacent to an activating group) is 1. The van der Waals surface area contributed by atoms with Gasteiger partial charge in [-0.05, 0) is 76.1 Å². The summed E-state index contributed by atoms with van der Waals surface area (Å²) in [5.41, 5.74) is 1.43. The van der Waals surface area contributed by atoms with Gasteiger partial charge in [0.15, 0.2) is 0 Å². The zero-order chi connectivity index (χ0) is 31.0. The maximum atomic E-state index is 14.1. The van der Waals surface area contributed by atoms with Gasteiger partial charge < -0.3 is 24.4 Å². The number of fused-ring (bicyclic) bond motifs is 1. The van der Waals surface area contributed by atoms with Crippen LogP contribution >= 0.6 is 0 Å². The number of halogens is 3. The molecule has 0 radical (unpaired) electrons. The Labute approximate surface area is 248 Å². The third-order valence-corrected chi connectivity index (χ3v) is 7.78. The van der Waals surface area contributed by atoms with Crippen LogP contribution < -0.4 is 9.64 Å². The van der Waals surface area contributed by atoms with Crippen molar-refractivity contribution in [3.63, 3.8) is 0 Å². The third-order valence-electron chi connectivity index (χ3n) is 7.78. The molecular weight excluding hydrogens is 547 g/mol. The highest BCUT2D eigenvalue weighted by atomic mass is 19.4. The topological polar surface area (TPSA) is 65.5 Å². The molecule has 4 atom stereocenters. The molecule has 0 aliphatic carbocycles. The summed E-state index contributed by atoms with van der Waals surface area (Å²) in [6.07, 6.45) is -2.16. The summed E-state index contributed by atoms with van der Waals surface area (Å²) in [4.78, 5) is 19.7. The molecule has 0 spiro atoms. The summed E-state index contributed by atoms with van der Waals surface area (Å²) in [6.45, 7) is 7.52. The van der Waals surface area contributed by atoms with E-state index in [9.17, 15) is 23.1 Å². The molecule has 0 aromatic heterocycles. The van der Waals surface area contributed by atoms with Crippen molar-refractivity contribution in [3.8, 4) is 5.75 Å². The van der Waals surface area contributed by atoms with Crippen molar-refractivity contribution in [2.45, 2.75) is 71.0 Å². The fourth-order valence-electron chi connectivity index (χ4n) is 5.13. The molecule has 234 valence electrons. The third kappa shape index (κ3) is 9.34. The van der Waals surface area contributed by atoms with E-state index < -0.39 is 17.8 Å². The van der Waals surface area contributed by atoms with Gasteiger partial charge in [0.05, 0.1) is 36.0 Å². The molecule has 0 bridgehead atoms. The van der Waals surface area contributed by atoms with Crippen molar-refractivity contribution in [2.75, 3.05) is 52.3 Å². The standard InChI is InChI=1S/C32H46F3N3O4/c1-22-18-38(23(2)21-39)31(40)28-17-27(36(4)5)14-15-29(28)42-24(3)9-7-8-16-41-30(22)20-37(6)19-25-10-12-26(13-11-25)32(33,34)35/h10-15,17,22-24,30,39H,7-9,16,18-21H2,1-6H3/t22-,23+,24-,30+/m1/s1. The van der Waals surface area contributed by atoms with E-state index in [1.807, 2.05) is 69.9 Å². The number of hydrogen-bond donors (Lipinski definition) is 1. The van der Waals surface area contributed by atoms with Gasteiger partial charge in [-0.2, -0.15) is 13.2 Å². The van der Waals surface area contributed by atoms with Gasteiger partial charge in [0.2, 0.25) is 0 Å². The molecule has 1 heterocycles. The van der Waals surface area contributed by atoms with Gasteiger partial charge in [-0.3, -0.25) is 9.69 Å². The number of aliphatic hydroxyl groups is 1. The highest BCUT2D eigenvalue weighted by Gasteiger charge is 2.31. The zero-order valence-corrected chi connectivity index (χ0v) is 25.7. The number of benzene rings is 2. The maximum Gasteiger partial charge on any atom is 0.416 e. The normalized spacial score (nSPS) is 21.8. The zero-order valence-electron chi connectivity index (χ0n) is 25.7. The van der Waals surface area contributed by atoms with Crippen molar-refractivity contribution in [2.24, 2.45) is 5.92 Å². The number of carbonyl (C=O) groups is 1. The van der Waals surface area contributed by atoms with Crippen molar-refractivity contribution in [1.29, 1.82) is 0 Å². The Balaban J connectivity index is 1.86. The lowest BCUT2D eigenvalue weighted by Crippen LogP contribution is -2.47. The lowest BCUT2D eigenvalue weighted by atomic mass is 10.0. The van der Waals surface area contributed by atoms with Gasteiger partial charge in [0, 0.05) is 51.9 Å². The average Bonchev–Trinajstić information content (AvgIpc) is 2.93. The number of hydrogen-bond acceptors (Lipinski definition) is 6. The molecule has 0 unspecified atom stereocenters. The van der Waals surface area contributed by atoms with Crippen LogP contribution in [-0.2, 0) is 17.5 Å². The maximum absolute atomic E-state index is 14.1. The molecule has 0 saturated heterocycles. The number of alkyl halides is 3. The van der Waals surface area contributed by atoms with Crippen LogP contribution in [-0.4, -0.2) is 86.5 Å². The SMILES string of the molecule is C[C@@H]1CCCCO[C@@H](CN(C)Cc2ccc(C(F)(F)F)cc2)[C@H](C)CN([C@@H](C)CO)C(=O)c2cc(N(C)C)ccc2O1. The molecule has 1 aliphatic heterocycles. The predicted molar refractivity (Wildman–Crippen MR) is 159 cm³/mol. The second-order valence-electron chi connectivity index (χ2n) is 11.8. The van der Waals surface area contributed by atoms with Crippen LogP contribution in [0.2, 0.25) is 0 Å². The van der Waals surface area contributed by atoms with E-state index in [-0.39, 0.29) is 30.6 Å². The van der Waals surface area contributed by atoms with E-state index in [1.165, 1.54) is 12.1 Å². The van der Waals surface area contributed by atoms with Crippen molar-refractivity contribution in [1.82, 2.24) is 9.80 Å². The summed E-state index contributed by atoms with van der Waals surface area (Å²) in [5.74, 6) is 0.214. The van der Waals surface area contributed by atoms with Crippen LogP contribution in [0.5, 0.6) is 5.75 Å².